The zero-order valence-electron chi connectivity index (χ0n) is 14.6. The van der Waals surface area contributed by atoms with Gasteiger partial charge in [0, 0.05) is 0 Å². The number of esters is 1. The number of methoxy groups -OCH3 is 1. The van der Waals surface area contributed by atoms with E-state index in [2.05, 4.69) is 10.1 Å². The molecular formula is C18H15F3N2O5. The van der Waals surface area contributed by atoms with Crippen LogP contribution in [0.15, 0.2) is 36.4 Å². The zero-order valence-corrected chi connectivity index (χ0v) is 14.6. The molecule has 0 saturated heterocycles. The molecule has 0 aliphatic rings. The highest BCUT2D eigenvalue weighted by atomic mass is 19.2. The molecule has 0 aromatic heterocycles. The van der Waals surface area contributed by atoms with Crippen LogP contribution >= 0.6 is 0 Å². The fourth-order valence-electron chi connectivity index (χ4n) is 2.09. The van der Waals surface area contributed by atoms with Gasteiger partial charge in [0.2, 0.25) is 0 Å². The van der Waals surface area contributed by atoms with Gasteiger partial charge in [-0.3, -0.25) is 14.4 Å². The molecule has 28 heavy (non-hydrogen) atoms. The molecule has 0 heterocycles. The quantitative estimate of drug-likeness (QED) is 0.552. The summed E-state index contributed by atoms with van der Waals surface area (Å²) in [6, 6.07) is 7.78. The number of halogens is 3. The number of hydrogen-bond donors (Lipinski definition) is 2. The van der Waals surface area contributed by atoms with Gasteiger partial charge in [-0.2, -0.15) is 0 Å². The summed E-state index contributed by atoms with van der Waals surface area (Å²) < 4.78 is 49.0. The highest BCUT2D eigenvalue weighted by Gasteiger charge is 2.17. The first-order valence-electron chi connectivity index (χ1n) is 7.83. The molecule has 2 N–H and O–H groups in total. The minimum Gasteiger partial charge on any atom is -0.496 e. The van der Waals surface area contributed by atoms with Gasteiger partial charge >= 0.3 is 5.97 Å². The van der Waals surface area contributed by atoms with Gasteiger partial charge in [-0.25, -0.2) is 13.2 Å². The molecule has 0 aliphatic carbocycles. The largest absolute Gasteiger partial charge is 0.496 e. The van der Waals surface area contributed by atoms with Crippen LogP contribution in [0.1, 0.15) is 10.4 Å². The zero-order chi connectivity index (χ0) is 20.7. The van der Waals surface area contributed by atoms with E-state index in [4.69, 9.17) is 4.74 Å². The number of para-hydroxylation sites is 1. The van der Waals surface area contributed by atoms with Gasteiger partial charge in [0.25, 0.3) is 11.8 Å². The van der Waals surface area contributed by atoms with Crippen molar-refractivity contribution in [3.8, 4) is 5.75 Å². The van der Waals surface area contributed by atoms with E-state index in [1.54, 1.807) is 18.2 Å². The van der Waals surface area contributed by atoms with E-state index in [1.807, 2.05) is 5.32 Å². The second kappa shape index (κ2) is 9.40. The molecule has 2 amide bonds. The number of carbonyl (C=O) groups is 3. The van der Waals surface area contributed by atoms with Crippen molar-refractivity contribution >= 4 is 23.5 Å². The smallest absolute Gasteiger partial charge is 0.325 e. The summed E-state index contributed by atoms with van der Waals surface area (Å²) in [6.07, 6.45) is 0. The molecule has 0 unspecified atom stereocenters. The molecule has 0 bridgehead atoms. The molecule has 0 atom stereocenters. The van der Waals surface area contributed by atoms with Crippen molar-refractivity contribution in [2.24, 2.45) is 0 Å². The van der Waals surface area contributed by atoms with Crippen LogP contribution in [-0.4, -0.2) is 38.0 Å². The molecule has 10 heteroatoms. The SMILES string of the molecule is COc1ccccc1C(=O)NCC(=O)OCC(=O)Nc1ccc(F)c(F)c1F. The van der Waals surface area contributed by atoms with Crippen LogP contribution in [0.3, 0.4) is 0 Å². The molecule has 7 nitrogen and oxygen atoms in total. The molecule has 0 spiro atoms. The van der Waals surface area contributed by atoms with Crippen LogP contribution in [0.5, 0.6) is 5.75 Å². The lowest BCUT2D eigenvalue weighted by atomic mass is 10.2. The van der Waals surface area contributed by atoms with E-state index < -0.39 is 54.1 Å². The average molecular weight is 396 g/mol. The number of ether oxygens (including phenoxy) is 2. The van der Waals surface area contributed by atoms with Crippen molar-refractivity contribution in [2.75, 3.05) is 25.6 Å². The van der Waals surface area contributed by atoms with Gasteiger partial charge in [-0.05, 0) is 24.3 Å². The topological polar surface area (TPSA) is 93.7 Å². The van der Waals surface area contributed by atoms with E-state index in [1.165, 1.54) is 13.2 Å². The molecule has 0 aliphatic heterocycles. The predicted octanol–water partition coefficient (Wildman–Crippen LogP) is 2.02. The van der Waals surface area contributed by atoms with Gasteiger partial charge in [0.05, 0.1) is 18.4 Å². The first-order chi connectivity index (χ1) is 13.3. The second-order valence-corrected chi connectivity index (χ2v) is 5.31. The summed E-state index contributed by atoms with van der Waals surface area (Å²) >= 11 is 0. The van der Waals surface area contributed by atoms with E-state index >= 15 is 0 Å². The number of hydrogen-bond acceptors (Lipinski definition) is 5. The van der Waals surface area contributed by atoms with Crippen molar-refractivity contribution in [1.29, 1.82) is 0 Å². The Hall–Kier alpha value is -3.56. The molecule has 0 fully saturated rings. The summed E-state index contributed by atoms with van der Waals surface area (Å²) in [7, 11) is 1.38. The van der Waals surface area contributed by atoms with Crippen molar-refractivity contribution in [3.05, 3.63) is 59.4 Å². The lowest BCUT2D eigenvalue weighted by molar-refractivity contribution is -0.146. The van der Waals surface area contributed by atoms with Crippen molar-refractivity contribution < 1.29 is 37.0 Å². The lowest BCUT2D eigenvalue weighted by Gasteiger charge is -2.10. The third-order valence-electron chi connectivity index (χ3n) is 3.42. The third kappa shape index (κ3) is 5.22. The summed E-state index contributed by atoms with van der Waals surface area (Å²) in [4.78, 5) is 35.3. The van der Waals surface area contributed by atoms with Crippen molar-refractivity contribution in [3.63, 3.8) is 0 Å². The fraction of sp³-hybridized carbons (Fsp3) is 0.167. The average Bonchev–Trinajstić information content (AvgIpc) is 2.70. The number of benzene rings is 2. The van der Waals surface area contributed by atoms with Crippen LogP contribution in [0.25, 0.3) is 0 Å². The van der Waals surface area contributed by atoms with Gasteiger partial charge in [-0.15, -0.1) is 0 Å². The summed E-state index contributed by atoms with van der Waals surface area (Å²) in [5.41, 5.74) is -0.409. The first-order valence-corrected chi connectivity index (χ1v) is 7.83. The number of anilines is 1. The Morgan fingerprint density at radius 2 is 1.71 bits per heavy atom. The van der Waals surface area contributed by atoms with Crippen LogP contribution in [0.2, 0.25) is 0 Å². The summed E-state index contributed by atoms with van der Waals surface area (Å²) in [5, 5.41) is 4.23. The molecule has 2 aromatic carbocycles. The Morgan fingerprint density at radius 3 is 2.43 bits per heavy atom. The summed E-state index contributed by atoms with van der Waals surface area (Å²) in [5.74, 6) is -6.94. The van der Waals surface area contributed by atoms with E-state index in [9.17, 15) is 27.6 Å². The Kier molecular flexibility index (Phi) is 6.96. The maximum Gasteiger partial charge on any atom is 0.325 e. The minimum absolute atomic E-state index is 0.198. The Morgan fingerprint density at radius 1 is 1.00 bits per heavy atom. The molecule has 2 aromatic rings. The van der Waals surface area contributed by atoms with E-state index in [0.717, 1.165) is 6.07 Å². The molecular weight excluding hydrogens is 381 g/mol. The second-order valence-electron chi connectivity index (χ2n) is 5.31. The number of nitrogens with one attached hydrogen (secondary N) is 2. The van der Waals surface area contributed by atoms with Crippen LogP contribution in [0, 0.1) is 17.5 Å². The summed E-state index contributed by atoms with van der Waals surface area (Å²) in [6.45, 7) is -1.36. The predicted molar refractivity (Wildman–Crippen MR) is 91.2 cm³/mol. The number of amides is 2. The van der Waals surface area contributed by atoms with Crippen LogP contribution in [0.4, 0.5) is 18.9 Å². The molecule has 0 radical (unpaired) electrons. The maximum absolute atomic E-state index is 13.5. The third-order valence-corrected chi connectivity index (χ3v) is 3.42. The number of rotatable bonds is 7. The van der Waals surface area contributed by atoms with Gasteiger partial charge < -0.3 is 20.1 Å². The van der Waals surface area contributed by atoms with E-state index in [-0.39, 0.29) is 5.56 Å². The van der Waals surface area contributed by atoms with Crippen LogP contribution < -0.4 is 15.4 Å². The first kappa shape index (κ1) is 20.7. The minimum atomic E-state index is -1.74. The van der Waals surface area contributed by atoms with Gasteiger partial charge in [0.1, 0.15) is 12.3 Å². The highest BCUT2D eigenvalue weighted by molar-refractivity contribution is 5.98. The monoisotopic (exact) mass is 396 g/mol. The standard InChI is InChI=1S/C18H15F3N2O5/c1-27-13-5-3-2-4-10(13)18(26)22-8-15(25)28-9-14(24)23-12-7-6-11(19)16(20)17(12)21/h2-7H,8-9H2,1H3,(H,22,26)(H,23,24). The Labute approximate surface area is 157 Å². The normalized spacial score (nSPS) is 10.1. The van der Waals surface area contributed by atoms with Crippen LogP contribution in [-0.2, 0) is 14.3 Å². The molecule has 2 rings (SSSR count). The molecule has 0 saturated carbocycles. The highest BCUT2D eigenvalue weighted by Crippen LogP contribution is 2.19. The van der Waals surface area contributed by atoms with Crippen molar-refractivity contribution in [1.82, 2.24) is 5.32 Å². The maximum atomic E-state index is 13.5. The molecule has 148 valence electrons. The van der Waals surface area contributed by atoms with E-state index in [0.29, 0.717) is 11.8 Å². The van der Waals surface area contributed by atoms with Crippen molar-refractivity contribution in [2.45, 2.75) is 0 Å². The fourth-order valence-corrected chi connectivity index (χ4v) is 2.09. The Bertz CT molecular complexity index is 905. The number of carbonyl (C=O) groups excluding carboxylic acids is 3. The Balaban J connectivity index is 1.81. The lowest BCUT2D eigenvalue weighted by Crippen LogP contribution is -2.32. The van der Waals surface area contributed by atoms with Gasteiger partial charge in [0.15, 0.2) is 24.1 Å². The van der Waals surface area contributed by atoms with Gasteiger partial charge in [-0.1, -0.05) is 12.1 Å².